The van der Waals surface area contributed by atoms with Gasteiger partial charge in [0.1, 0.15) is 5.82 Å². The van der Waals surface area contributed by atoms with Crippen molar-refractivity contribution in [3.63, 3.8) is 0 Å². The van der Waals surface area contributed by atoms with Crippen molar-refractivity contribution >= 4 is 39.3 Å². The van der Waals surface area contributed by atoms with Gasteiger partial charge < -0.3 is 14.6 Å². The number of aromatic nitrogens is 3. The Morgan fingerprint density at radius 2 is 2.08 bits per heavy atom. The van der Waals surface area contributed by atoms with Crippen molar-refractivity contribution in [2.75, 3.05) is 37.4 Å². The van der Waals surface area contributed by atoms with E-state index in [1.807, 2.05) is 24.3 Å². The summed E-state index contributed by atoms with van der Waals surface area (Å²) in [4.78, 5) is 14.5. The fourth-order valence-electron chi connectivity index (χ4n) is 2.70. The van der Waals surface area contributed by atoms with Crippen LogP contribution in [0.5, 0.6) is 0 Å². The van der Waals surface area contributed by atoms with Gasteiger partial charge in [0.15, 0.2) is 5.16 Å². The summed E-state index contributed by atoms with van der Waals surface area (Å²) in [6.07, 6.45) is 0. The van der Waals surface area contributed by atoms with E-state index in [-0.39, 0.29) is 11.7 Å². The lowest BCUT2D eigenvalue weighted by Gasteiger charge is -2.26. The third-order valence-electron chi connectivity index (χ3n) is 4.06. The molecule has 0 unspecified atom stereocenters. The van der Waals surface area contributed by atoms with Crippen LogP contribution in [0.2, 0.25) is 0 Å². The van der Waals surface area contributed by atoms with E-state index in [0.717, 1.165) is 60.5 Å². The van der Waals surface area contributed by atoms with Crippen molar-refractivity contribution in [1.82, 2.24) is 19.7 Å². The van der Waals surface area contributed by atoms with Gasteiger partial charge in [-0.15, -0.1) is 10.2 Å². The van der Waals surface area contributed by atoms with Gasteiger partial charge in [0, 0.05) is 24.1 Å². The monoisotopic (exact) mass is 439 g/mol. The molecule has 0 radical (unpaired) electrons. The number of carbonyl (C=O) groups is 1. The van der Waals surface area contributed by atoms with Gasteiger partial charge >= 0.3 is 0 Å². The van der Waals surface area contributed by atoms with Gasteiger partial charge in [0.05, 0.1) is 31.2 Å². The molecule has 1 aromatic heterocycles. The van der Waals surface area contributed by atoms with Crippen molar-refractivity contribution in [2.24, 2.45) is 0 Å². The predicted molar refractivity (Wildman–Crippen MR) is 105 cm³/mol. The third kappa shape index (κ3) is 5.06. The summed E-state index contributed by atoms with van der Waals surface area (Å²) in [6.45, 7) is 6.95. The van der Waals surface area contributed by atoms with Crippen LogP contribution in [-0.4, -0.2) is 57.6 Å². The number of amides is 1. The molecule has 2 aromatic rings. The largest absolute Gasteiger partial charge is 0.379 e. The number of halogens is 1. The second-order valence-corrected chi connectivity index (χ2v) is 7.65. The molecule has 1 amide bonds. The summed E-state index contributed by atoms with van der Waals surface area (Å²) in [5.41, 5.74) is 0.767. The third-order valence-corrected chi connectivity index (χ3v) is 5.72. The molecule has 26 heavy (non-hydrogen) atoms. The molecule has 1 saturated heterocycles. The summed E-state index contributed by atoms with van der Waals surface area (Å²) in [5, 5.41) is 12.3. The molecule has 1 aliphatic heterocycles. The Labute approximate surface area is 165 Å². The van der Waals surface area contributed by atoms with Crippen LogP contribution in [0.15, 0.2) is 33.9 Å². The van der Waals surface area contributed by atoms with Gasteiger partial charge in [-0.25, -0.2) is 0 Å². The summed E-state index contributed by atoms with van der Waals surface area (Å²) >= 11 is 4.84. The summed E-state index contributed by atoms with van der Waals surface area (Å²) in [7, 11) is 0. The van der Waals surface area contributed by atoms with Crippen LogP contribution in [-0.2, 0) is 22.6 Å². The van der Waals surface area contributed by atoms with Gasteiger partial charge in [-0.3, -0.25) is 9.69 Å². The van der Waals surface area contributed by atoms with Gasteiger partial charge in [0.2, 0.25) is 5.91 Å². The average molecular weight is 440 g/mol. The second-order valence-electron chi connectivity index (χ2n) is 5.85. The number of morpholine rings is 1. The molecular weight excluding hydrogens is 418 g/mol. The summed E-state index contributed by atoms with van der Waals surface area (Å²) in [5.74, 6) is 1.15. The molecule has 0 atom stereocenters. The van der Waals surface area contributed by atoms with E-state index in [4.69, 9.17) is 4.74 Å². The summed E-state index contributed by atoms with van der Waals surface area (Å²) < 4.78 is 8.32. The first kappa shape index (κ1) is 19.3. The summed E-state index contributed by atoms with van der Waals surface area (Å²) in [6, 6.07) is 7.56. The molecule has 9 heteroatoms. The standard InChI is InChI=1S/C17H22BrN5O2S/c1-2-23-15(11-22-7-9-25-10-8-22)20-21-17(23)26-12-16(24)19-14-6-4-3-5-13(14)18/h3-6H,2,7-12H2,1H3,(H,19,24). The Bertz CT molecular complexity index is 749. The Kier molecular flexibility index (Phi) is 7.07. The quantitative estimate of drug-likeness (QED) is 0.668. The maximum absolute atomic E-state index is 12.2. The molecule has 1 N–H and O–H groups in total. The Balaban J connectivity index is 1.57. The zero-order valence-corrected chi connectivity index (χ0v) is 17.1. The number of carbonyl (C=O) groups excluding carboxylic acids is 1. The van der Waals surface area contributed by atoms with Gasteiger partial charge in [-0.1, -0.05) is 23.9 Å². The lowest BCUT2D eigenvalue weighted by Crippen LogP contribution is -2.36. The van der Waals surface area contributed by atoms with Crippen molar-refractivity contribution in [3.05, 3.63) is 34.6 Å². The fraction of sp³-hybridized carbons (Fsp3) is 0.471. The van der Waals surface area contributed by atoms with E-state index in [9.17, 15) is 4.79 Å². The molecular formula is C17H22BrN5O2S. The molecule has 1 aliphatic rings. The lowest BCUT2D eigenvalue weighted by atomic mass is 10.3. The van der Waals surface area contributed by atoms with Crippen molar-refractivity contribution in [2.45, 2.75) is 25.2 Å². The zero-order valence-electron chi connectivity index (χ0n) is 14.7. The second kappa shape index (κ2) is 9.50. The van der Waals surface area contributed by atoms with E-state index in [0.29, 0.717) is 0 Å². The zero-order chi connectivity index (χ0) is 18.4. The fourth-order valence-corrected chi connectivity index (χ4v) is 3.90. The van der Waals surface area contributed by atoms with Crippen molar-refractivity contribution in [1.29, 1.82) is 0 Å². The average Bonchev–Trinajstić information content (AvgIpc) is 3.04. The first-order valence-corrected chi connectivity index (χ1v) is 10.3. The minimum Gasteiger partial charge on any atom is -0.379 e. The Hall–Kier alpha value is -1.42. The van der Waals surface area contributed by atoms with E-state index in [2.05, 4.69) is 47.8 Å². The number of rotatable bonds is 7. The number of nitrogens with one attached hydrogen (secondary N) is 1. The SMILES string of the molecule is CCn1c(CN2CCOCC2)nnc1SCC(=O)Nc1ccccc1Br. The first-order valence-electron chi connectivity index (χ1n) is 8.56. The van der Waals surface area contributed by atoms with E-state index in [1.54, 1.807) is 0 Å². The minimum atomic E-state index is -0.0673. The number of hydrogen-bond donors (Lipinski definition) is 1. The maximum atomic E-state index is 12.2. The number of ether oxygens (including phenoxy) is 1. The van der Waals surface area contributed by atoms with E-state index in [1.165, 1.54) is 11.8 Å². The molecule has 0 spiro atoms. The van der Waals surface area contributed by atoms with Crippen LogP contribution in [0.1, 0.15) is 12.7 Å². The van der Waals surface area contributed by atoms with Crippen molar-refractivity contribution in [3.8, 4) is 0 Å². The van der Waals surface area contributed by atoms with E-state index >= 15 is 0 Å². The lowest BCUT2D eigenvalue weighted by molar-refractivity contribution is -0.113. The van der Waals surface area contributed by atoms with Crippen LogP contribution >= 0.6 is 27.7 Å². The molecule has 7 nitrogen and oxygen atoms in total. The topological polar surface area (TPSA) is 72.3 Å². The number of para-hydroxylation sites is 1. The number of anilines is 1. The number of benzene rings is 1. The predicted octanol–water partition coefficient (Wildman–Crippen LogP) is 2.62. The highest BCUT2D eigenvalue weighted by molar-refractivity contribution is 9.10. The van der Waals surface area contributed by atoms with Crippen LogP contribution in [0.25, 0.3) is 0 Å². The van der Waals surface area contributed by atoms with E-state index < -0.39 is 0 Å². The highest BCUT2D eigenvalue weighted by Crippen LogP contribution is 2.23. The molecule has 0 aliphatic carbocycles. The maximum Gasteiger partial charge on any atom is 0.234 e. The van der Waals surface area contributed by atoms with Crippen molar-refractivity contribution < 1.29 is 9.53 Å². The highest BCUT2D eigenvalue weighted by atomic mass is 79.9. The number of thioether (sulfide) groups is 1. The smallest absolute Gasteiger partial charge is 0.234 e. The molecule has 2 heterocycles. The van der Waals surface area contributed by atoms with Crippen LogP contribution in [0.3, 0.4) is 0 Å². The van der Waals surface area contributed by atoms with Crippen LogP contribution in [0, 0.1) is 0 Å². The van der Waals surface area contributed by atoms with Gasteiger partial charge in [0.25, 0.3) is 0 Å². The number of nitrogens with zero attached hydrogens (tertiary/aromatic N) is 4. The minimum absolute atomic E-state index is 0.0673. The molecule has 0 saturated carbocycles. The molecule has 1 aromatic carbocycles. The molecule has 0 bridgehead atoms. The molecule has 140 valence electrons. The highest BCUT2D eigenvalue weighted by Gasteiger charge is 2.17. The molecule has 1 fully saturated rings. The Morgan fingerprint density at radius 1 is 1.31 bits per heavy atom. The van der Waals surface area contributed by atoms with Gasteiger partial charge in [-0.05, 0) is 35.0 Å². The number of hydrogen-bond acceptors (Lipinski definition) is 6. The van der Waals surface area contributed by atoms with Crippen LogP contribution in [0.4, 0.5) is 5.69 Å². The first-order chi connectivity index (χ1) is 12.7. The Morgan fingerprint density at radius 3 is 2.81 bits per heavy atom. The van der Waals surface area contributed by atoms with Gasteiger partial charge in [-0.2, -0.15) is 0 Å². The normalized spacial score (nSPS) is 15.2. The van der Waals surface area contributed by atoms with Crippen LogP contribution < -0.4 is 5.32 Å². The molecule has 3 rings (SSSR count).